The maximum atomic E-state index is 12.5. The number of Topliss-reactive ketones (excluding diaryl/α,β-unsaturated/α-hetero) is 1. The lowest BCUT2D eigenvalue weighted by Crippen LogP contribution is -2.42. The Hall–Kier alpha value is -2.29. The van der Waals surface area contributed by atoms with Crippen LogP contribution in [0.1, 0.15) is 56.1 Å². The molecular weight excluding hydrogens is 332 g/mol. The highest BCUT2D eigenvalue weighted by atomic mass is 16.1. The van der Waals surface area contributed by atoms with Gasteiger partial charge in [0.05, 0.1) is 22.1 Å². The van der Waals surface area contributed by atoms with E-state index in [1.165, 1.54) is 17.5 Å². The van der Waals surface area contributed by atoms with Crippen LogP contribution < -0.4 is 0 Å². The Morgan fingerprint density at radius 3 is 2.59 bits per heavy atom. The molecule has 0 N–H and O–H groups in total. The number of benzene rings is 2. The topological polar surface area (TPSA) is 42.9 Å². The molecule has 0 saturated heterocycles. The van der Waals surface area contributed by atoms with Crippen LogP contribution in [-0.4, -0.2) is 15.8 Å². The van der Waals surface area contributed by atoms with Crippen molar-refractivity contribution in [3.8, 4) is 0 Å². The number of carbonyl (C=O) groups excluding carboxylic acids is 1. The van der Waals surface area contributed by atoms with Crippen molar-refractivity contribution in [2.24, 2.45) is 17.3 Å². The molecule has 0 aliphatic heterocycles. The largest absolute Gasteiger partial charge is 0.299 e. The Kier molecular flexibility index (Phi) is 3.13. The van der Waals surface area contributed by atoms with Crippen LogP contribution in [0, 0.1) is 17.3 Å². The summed E-state index contributed by atoms with van der Waals surface area (Å²) in [6.45, 7) is 2.25. The average Bonchev–Trinajstić information content (AvgIpc) is 3.01. The molecule has 0 amide bonds. The van der Waals surface area contributed by atoms with Crippen molar-refractivity contribution >= 4 is 27.9 Å². The van der Waals surface area contributed by atoms with Gasteiger partial charge in [0.25, 0.3) is 0 Å². The minimum absolute atomic E-state index is 0.0501. The standard InChI is InChI=1S/C24H24N2O/c1-24-13-12-15-14-8-10-21-23(26-20-5-3-2-4-19(20)25-21)17(14)7-6-16(15)18(24)9-11-22(24)27/h2-5,8,10,15-16,18H,6-7,9,11-13H2,1H3/t15-,16-,18+,24+/m1/s1. The monoisotopic (exact) mass is 356 g/mol. The van der Waals surface area contributed by atoms with Gasteiger partial charge < -0.3 is 0 Å². The molecule has 6 rings (SSSR count). The molecule has 0 radical (unpaired) electrons. The summed E-state index contributed by atoms with van der Waals surface area (Å²) in [4.78, 5) is 22.4. The molecule has 1 aromatic heterocycles. The highest BCUT2D eigenvalue weighted by Gasteiger charge is 2.54. The minimum atomic E-state index is -0.0501. The number of hydrogen-bond donors (Lipinski definition) is 0. The molecule has 3 aliphatic rings. The third-order valence-electron chi connectivity index (χ3n) is 7.93. The van der Waals surface area contributed by atoms with E-state index in [1.807, 2.05) is 18.2 Å². The highest BCUT2D eigenvalue weighted by molar-refractivity contribution is 5.89. The lowest BCUT2D eigenvalue weighted by atomic mass is 9.55. The average molecular weight is 356 g/mol. The fourth-order valence-corrected chi connectivity index (χ4v) is 6.53. The summed E-state index contributed by atoms with van der Waals surface area (Å²) < 4.78 is 0. The van der Waals surface area contributed by atoms with Crippen molar-refractivity contribution < 1.29 is 4.79 Å². The number of nitrogens with zero attached hydrogens (tertiary/aromatic N) is 2. The second-order valence-electron chi connectivity index (χ2n) is 9.05. The van der Waals surface area contributed by atoms with Gasteiger partial charge >= 0.3 is 0 Å². The van der Waals surface area contributed by atoms with Gasteiger partial charge in [-0.05, 0) is 79.2 Å². The third-order valence-corrected chi connectivity index (χ3v) is 7.93. The maximum Gasteiger partial charge on any atom is 0.139 e. The Morgan fingerprint density at radius 2 is 1.74 bits per heavy atom. The second-order valence-corrected chi connectivity index (χ2v) is 9.05. The number of fused-ring (bicyclic) bond motifs is 8. The molecule has 0 bridgehead atoms. The van der Waals surface area contributed by atoms with Gasteiger partial charge in [0.2, 0.25) is 0 Å². The molecule has 3 aliphatic carbocycles. The van der Waals surface area contributed by atoms with Crippen LogP contribution in [0.15, 0.2) is 36.4 Å². The molecule has 3 nitrogen and oxygen atoms in total. The van der Waals surface area contributed by atoms with Gasteiger partial charge in [-0.15, -0.1) is 0 Å². The van der Waals surface area contributed by atoms with Crippen molar-refractivity contribution in [2.45, 2.75) is 51.4 Å². The van der Waals surface area contributed by atoms with Gasteiger partial charge in [-0.1, -0.05) is 25.1 Å². The first-order valence-corrected chi connectivity index (χ1v) is 10.4. The first-order chi connectivity index (χ1) is 13.1. The number of hydrogen-bond acceptors (Lipinski definition) is 3. The number of para-hydroxylation sites is 2. The molecule has 0 spiro atoms. The predicted molar refractivity (Wildman–Crippen MR) is 107 cm³/mol. The van der Waals surface area contributed by atoms with Crippen LogP contribution in [0.4, 0.5) is 0 Å². The molecule has 27 heavy (non-hydrogen) atoms. The first kappa shape index (κ1) is 15.7. The number of rotatable bonds is 0. The van der Waals surface area contributed by atoms with E-state index in [9.17, 15) is 4.79 Å². The predicted octanol–water partition coefficient (Wildman–Crippen LogP) is 5.21. The van der Waals surface area contributed by atoms with E-state index in [1.54, 1.807) is 0 Å². The van der Waals surface area contributed by atoms with E-state index in [0.29, 0.717) is 23.5 Å². The molecule has 136 valence electrons. The number of aryl methyl sites for hydroxylation is 1. The normalized spacial score (nSPS) is 32.3. The summed E-state index contributed by atoms with van der Waals surface area (Å²) in [6.07, 6.45) is 6.36. The Morgan fingerprint density at radius 1 is 0.926 bits per heavy atom. The Balaban J connectivity index is 1.49. The summed E-state index contributed by atoms with van der Waals surface area (Å²) in [5.74, 6) is 2.35. The van der Waals surface area contributed by atoms with Crippen molar-refractivity contribution in [2.75, 3.05) is 0 Å². The molecular formula is C24H24N2O. The quantitative estimate of drug-likeness (QED) is 0.519. The number of aromatic nitrogens is 2. The zero-order valence-electron chi connectivity index (χ0n) is 15.7. The van der Waals surface area contributed by atoms with Crippen LogP contribution in [0.3, 0.4) is 0 Å². The Bertz CT molecular complexity index is 1100. The molecule has 2 aromatic carbocycles. The zero-order valence-corrected chi connectivity index (χ0v) is 15.7. The molecule has 4 atom stereocenters. The van der Waals surface area contributed by atoms with E-state index in [2.05, 4.69) is 25.1 Å². The van der Waals surface area contributed by atoms with E-state index in [4.69, 9.17) is 9.97 Å². The summed E-state index contributed by atoms with van der Waals surface area (Å²) in [7, 11) is 0. The van der Waals surface area contributed by atoms with Crippen molar-refractivity contribution in [3.63, 3.8) is 0 Å². The lowest BCUT2D eigenvalue weighted by molar-refractivity contribution is -0.129. The van der Waals surface area contributed by atoms with E-state index in [0.717, 1.165) is 54.2 Å². The van der Waals surface area contributed by atoms with Crippen molar-refractivity contribution in [3.05, 3.63) is 47.5 Å². The third kappa shape index (κ3) is 2.06. The molecule has 2 saturated carbocycles. The van der Waals surface area contributed by atoms with Gasteiger partial charge in [-0.25, -0.2) is 9.97 Å². The smallest absolute Gasteiger partial charge is 0.139 e. The summed E-state index contributed by atoms with van der Waals surface area (Å²) in [5.41, 5.74) is 6.92. The van der Waals surface area contributed by atoms with Crippen molar-refractivity contribution in [1.29, 1.82) is 0 Å². The van der Waals surface area contributed by atoms with Crippen LogP contribution in [0.25, 0.3) is 22.1 Å². The summed E-state index contributed by atoms with van der Waals surface area (Å²) in [6, 6.07) is 12.6. The van der Waals surface area contributed by atoms with E-state index >= 15 is 0 Å². The van der Waals surface area contributed by atoms with Gasteiger partial charge in [0.15, 0.2) is 0 Å². The van der Waals surface area contributed by atoms with Crippen LogP contribution in [0.2, 0.25) is 0 Å². The summed E-state index contributed by atoms with van der Waals surface area (Å²) in [5, 5.41) is 0. The maximum absolute atomic E-state index is 12.5. The lowest BCUT2D eigenvalue weighted by Gasteiger charge is -2.48. The SMILES string of the molecule is C[C@]12CC[C@@H]3c4ccc5nc6ccccc6nc5c4CC[C@H]3[C@@H]1CCC2=O. The van der Waals surface area contributed by atoms with Gasteiger partial charge in [-0.2, -0.15) is 0 Å². The van der Waals surface area contributed by atoms with Crippen LogP contribution in [0.5, 0.6) is 0 Å². The molecule has 3 heteroatoms. The first-order valence-electron chi connectivity index (χ1n) is 10.4. The van der Waals surface area contributed by atoms with Crippen molar-refractivity contribution in [1.82, 2.24) is 9.97 Å². The summed E-state index contributed by atoms with van der Waals surface area (Å²) >= 11 is 0. The minimum Gasteiger partial charge on any atom is -0.299 e. The Labute approximate surface area is 159 Å². The second kappa shape index (κ2) is 5.37. The molecule has 1 heterocycles. The fraction of sp³-hybridized carbons (Fsp3) is 0.458. The molecule has 0 unspecified atom stereocenters. The van der Waals surface area contributed by atoms with Crippen LogP contribution >= 0.6 is 0 Å². The van der Waals surface area contributed by atoms with Gasteiger partial charge in [-0.3, -0.25) is 4.79 Å². The number of carbonyl (C=O) groups is 1. The van der Waals surface area contributed by atoms with E-state index < -0.39 is 0 Å². The van der Waals surface area contributed by atoms with Crippen LogP contribution in [-0.2, 0) is 11.2 Å². The van der Waals surface area contributed by atoms with E-state index in [-0.39, 0.29) is 5.41 Å². The highest BCUT2D eigenvalue weighted by Crippen LogP contribution is 2.59. The fourth-order valence-electron chi connectivity index (χ4n) is 6.53. The molecule has 3 aromatic rings. The molecule has 2 fully saturated rings. The van der Waals surface area contributed by atoms with Gasteiger partial charge in [0, 0.05) is 11.8 Å². The number of ketones is 1. The van der Waals surface area contributed by atoms with Gasteiger partial charge in [0.1, 0.15) is 5.78 Å². The zero-order chi connectivity index (χ0) is 18.2.